The van der Waals surface area contributed by atoms with E-state index in [9.17, 15) is 18.7 Å². The van der Waals surface area contributed by atoms with E-state index < -0.39 is 23.8 Å². The number of anilines is 1. The Bertz CT molecular complexity index is 1140. The second-order valence-electron chi connectivity index (χ2n) is 7.43. The second-order valence-corrected chi connectivity index (χ2v) is 8.46. The Morgan fingerprint density at radius 3 is 2.83 bits per heavy atom. The highest BCUT2D eigenvalue weighted by atomic mass is 32.1. The van der Waals surface area contributed by atoms with Crippen LogP contribution in [0.15, 0.2) is 18.2 Å². The van der Waals surface area contributed by atoms with Crippen LogP contribution in [-0.2, 0) is 0 Å². The molecule has 158 valence electrons. The van der Waals surface area contributed by atoms with Crippen LogP contribution in [0.2, 0.25) is 0 Å². The van der Waals surface area contributed by atoms with Crippen molar-refractivity contribution in [3.63, 3.8) is 0 Å². The van der Waals surface area contributed by atoms with Crippen molar-refractivity contribution in [3.8, 4) is 0 Å². The first-order valence-corrected chi connectivity index (χ1v) is 10.3. The van der Waals surface area contributed by atoms with Gasteiger partial charge in [0.15, 0.2) is 11.6 Å². The van der Waals surface area contributed by atoms with E-state index in [2.05, 4.69) is 15.5 Å². The number of aliphatic hydroxyl groups is 1. The molecule has 1 aliphatic rings. The van der Waals surface area contributed by atoms with Crippen LogP contribution in [0.4, 0.5) is 14.5 Å². The molecule has 0 bridgehead atoms. The van der Waals surface area contributed by atoms with Gasteiger partial charge in [-0.2, -0.15) is 5.10 Å². The summed E-state index contributed by atoms with van der Waals surface area (Å²) in [7, 11) is 0. The van der Waals surface area contributed by atoms with Crippen molar-refractivity contribution in [3.05, 3.63) is 51.5 Å². The molecule has 3 heterocycles. The maximum absolute atomic E-state index is 13.4. The molecule has 2 unspecified atom stereocenters. The molecule has 1 aromatic carbocycles. The Balaban J connectivity index is 1.47. The quantitative estimate of drug-likeness (QED) is 0.584. The van der Waals surface area contributed by atoms with Crippen LogP contribution in [0.3, 0.4) is 0 Å². The van der Waals surface area contributed by atoms with E-state index in [0.29, 0.717) is 34.9 Å². The third kappa shape index (κ3) is 3.62. The maximum atomic E-state index is 13.4. The molecule has 10 heteroatoms. The lowest BCUT2D eigenvalue weighted by molar-refractivity contribution is 0.0209. The summed E-state index contributed by atoms with van der Waals surface area (Å²) < 4.78 is 26.4. The smallest absolute Gasteiger partial charge is 0.251 e. The van der Waals surface area contributed by atoms with Crippen molar-refractivity contribution in [2.24, 2.45) is 0 Å². The molecule has 4 N–H and O–H groups in total. The van der Waals surface area contributed by atoms with E-state index >= 15 is 0 Å². The van der Waals surface area contributed by atoms with Gasteiger partial charge in [-0.25, -0.2) is 8.78 Å². The molecular weight excluding hydrogens is 412 g/mol. The number of likely N-dealkylation sites (tertiary alicyclic amines) is 1. The van der Waals surface area contributed by atoms with Gasteiger partial charge in [0.05, 0.1) is 16.3 Å². The SMILES string of the molecule is Cc1nnc2sc(C(O)N3CCC(NC(=O)c4ccc(F)c(F)c4)C3)c(N)c2c1C. The molecule has 2 aromatic heterocycles. The Hall–Kier alpha value is -2.69. The molecule has 0 saturated carbocycles. The molecular formula is C20H21F2N5O2S. The third-order valence-corrected chi connectivity index (χ3v) is 6.61. The van der Waals surface area contributed by atoms with Gasteiger partial charge in [-0.1, -0.05) is 0 Å². The predicted octanol–water partition coefficient (Wildman–Crippen LogP) is 2.66. The fourth-order valence-electron chi connectivity index (χ4n) is 3.65. The first kappa shape index (κ1) is 20.6. The van der Waals surface area contributed by atoms with E-state index in [1.807, 2.05) is 18.7 Å². The zero-order valence-corrected chi connectivity index (χ0v) is 17.3. The molecule has 4 rings (SSSR count). The number of aliphatic hydroxyl groups excluding tert-OH is 1. The van der Waals surface area contributed by atoms with Gasteiger partial charge in [-0.3, -0.25) is 9.69 Å². The number of fused-ring (bicyclic) bond motifs is 1. The number of halogens is 2. The predicted molar refractivity (Wildman–Crippen MR) is 110 cm³/mol. The molecule has 7 nitrogen and oxygen atoms in total. The highest BCUT2D eigenvalue weighted by Crippen LogP contribution is 2.40. The van der Waals surface area contributed by atoms with Gasteiger partial charge in [0.2, 0.25) is 0 Å². The average Bonchev–Trinajstić information content (AvgIpc) is 3.31. The van der Waals surface area contributed by atoms with Crippen molar-refractivity contribution in [2.45, 2.75) is 32.5 Å². The van der Waals surface area contributed by atoms with Crippen LogP contribution < -0.4 is 11.1 Å². The molecule has 0 spiro atoms. The van der Waals surface area contributed by atoms with E-state index in [-0.39, 0.29) is 11.6 Å². The number of hydrogen-bond acceptors (Lipinski definition) is 7. The number of carbonyl (C=O) groups is 1. The minimum Gasteiger partial charge on any atom is -0.397 e. The maximum Gasteiger partial charge on any atom is 0.251 e. The number of amides is 1. The van der Waals surface area contributed by atoms with Gasteiger partial charge >= 0.3 is 0 Å². The number of hydrogen-bond donors (Lipinski definition) is 3. The molecule has 3 aromatic rings. The topological polar surface area (TPSA) is 104 Å². The highest BCUT2D eigenvalue weighted by molar-refractivity contribution is 7.19. The lowest BCUT2D eigenvalue weighted by atomic mass is 10.1. The highest BCUT2D eigenvalue weighted by Gasteiger charge is 2.32. The Labute approximate surface area is 175 Å². The zero-order valence-electron chi connectivity index (χ0n) is 16.4. The Morgan fingerprint density at radius 2 is 2.10 bits per heavy atom. The summed E-state index contributed by atoms with van der Waals surface area (Å²) in [6.45, 7) is 4.72. The van der Waals surface area contributed by atoms with Gasteiger partial charge in [0.25, 0.3) is 5.91 Å². The zero-order chi connectivity index (χ0) is 21.6. The first-order chi connectivity index (χ1) is 14.3. The summed E-state index contributed by atoms with van der Waals surface area (Å²) in [4.78, 5) is 15.4. The van der Waals surface area contributed by atoms with E-state index in [4.69, 9.17) is 5.73 Å². The molecule has 1 aliphatic heterocycles. The standard InChI is InChI=1S/C20H21F2N5O2S/c1-9-10(2)25-26-19-15(9)16(23)17(30-19)20(29)27-6-5-12(8-27)24-18(28)11-3-4-13(21)14(22)7-11/h3-4,7,12,20,29H,5-6,8,23H2,1-2H3,(H,24,28). The number of nitrogens with two attached hydrogens (primary N) is 1. The number of benzene rings is 1. The number of thiophene rings is 1. The van der Waals surface area contributed by atoms with Gasteiger partial charge in [-0.05, 0) is 44.0 Å². The van der Waals surface area contributed by atoms with Gasteiger partial charge in [0.1, 0.15) is 11.1 Å². The summed E-state index contributed by atoms with van der Waals surface area (Å²) in [5, 5.41) is 22.8. The number of nitrogens with one attached hydrogen (secondary N) is 1. The number of aromatic nitrogens is 2. The number of nitrogens with zero attached hydrogens (tertiary/aromatic N) is 3. The first-order valence-electron chi connectivity index (χ1n) is 9.46. The van der Waals surface area contributed by atoms with Crippen molar-refractivity contribution in [2.75, 3.05) is 18.8 Å². The van der Waals surface area contributed by atoms with Crippen LogP contribution in [0.1, 0.15) is 39.1 Å². The lowest BCUT2D eigenvalue weighted by Crippen LogP contribution is -2.37. The van der Waals surface area contributed by atoms with Crippen LogP contribution in [0.5, 0.6) is 0 Å². The van der Waals surface area contributed by atoms with Crippen LogP contribution in [0.25, 0.3) is 10.2 Å². The molecule has 1 saturated heterocycles. The van der Waals surface area contributed by atoms with Crippen LogP contribution >= 0.6 is 11.3 Å². The molecule has 1 fully saturated rings. The summed E-state index contributed by atoms with van der Waals surface area (Å²) in [5.74, 6) is -2.56. The second kappa shape index (κ2) is 7.86. The largest absolute Gasteiger partial charge is 0.397 e. The van der Waals surface area contributed by atoms with Crippen molar-refractivity contribution in [1.82, 2.24) is 20.4 Å². The van der Waals surface area contributed by atoms with Crippen LogP contribution in [-0.4, -0.2) is 45.2 Å². The third-order valence-electron chi connectivity index (χ3n) is 5.48. The minimum absolute atomic E-state index is 0.0473. The summed E-state index contributed by atoms with van der Waals surface area (Å²) in [6.07, 6.45) is -0.330. The normalized spacial score (nSPS) is 18.1. The fraction of sp³-hybridized carbons (Fsp3) is 0.350. The molecule has 0 aliphatic carbocycles. The van der Waals surface area contributed by atoms with Gasteiger partial charge < -0.3 is 16.2 Å². The van der Waals surface area contributed by atoms with Crippen molar-refractivity contribution >= 4 is 33.1 Å². The van der Waals surface area contributed by atoms with Crippen molar-refractivity contribution < 1.29 is 18.7 Å². The fourth-order valence-corrected chi connectivity index (χ4v) is 4.77. The number of carbonyl (C=O) groups excluding carboxylic acids is 1. The number of nitrogen functional groups attached to an aromatic ring is 1. The van der Waals surface area contributed by atoms with Gasteiger partial charge in [-0.15, -0.1) is 16.4 Å². The van der Waals surface area contributed by atoms with E-state index in [1.54, 1.807) is 0 Å². The molecule has 2 atom stereocenters. The molecule has 30 heavy (non-hydrogen) atoms. The number of aryl methyl sites for hydroxylation is 2. The molecule has 1 amide bonds. The number of rotatable bonds is 4. The summed E-state index contributed by atoms with van der Waals surface area (Å²) in [6, 6.07) is 2.79. The minimum atomic E-state index is -1.07. The van der Waals surface area contributed by atoms with E-state index in [0.717, 1.165) is 28.8 Å². The van der Waals surface area contributed by atoms with Crippen molar-refractivity contribution in [1.29, 1.82) is 0 Å². The van der Waals surface area contributed by atoms with E-state index in [1.165, 1.54) is 17.4 Å². The van der Waals surface area contributed by atoms with Crippen LogP contribution in [0, 0.1) is 25.5 Å². The van der Waals surface area contributed by atoms with Gasteiger partial charge in [0, 0.05) is 30.1 Å². The monoisotopic (exact) mass is 433 g/mol. The lowest BCUT2D eigenvalue weighted by Gasteiger charge is -2.22. The summed E-state index contributed by atoms with van der Waals surface area (Å²) in [5.41, 5.74) is 8.58. The average molecular weight is 433 g/mol. The summed E-state index contributed by atoms with van der Waals surface area (Å²) >= 11 is 1.30. The Morgan fingerprint density at radius 1 is 1.33 bits per heavy atom. The molecule has 0 radical (unpaired) electrons. The Kier molecular flexibility index (Phi) is 5.39.